The van der Waals surface area contributed by atoms with Gasteiger partial charge in [-0.3, -0.25) is 4.79 Å². The molecule has 0 saturated carbocycles. The number of fused-ring (bicyclic) bond motifs is 1. The molecule has 0 aliphatic rings. The lowest BCUT2D eigenvalue weighted by molar-refractivity contribution is -0.109. The van der Waals surface area contributed by atoms with Crippen LogP contribution in [0, 0.1) is 22.7 Å². The Bertz CT molecular complexity index is 496. The zero-order valence-electron chi connectivity index (χ0n) is 7.77. The summed E-state index contributed by atoms with van der Waals surface area (Å²) in [5.41, 5.74) is 1.21. The van der Waals surface area contributed by atoms with Gasteiger partial charge in [0, 0.05) is 11.7 Å². The first-order valence-electron chi connectivity index (χ1n) is 4.14. The molecule has 2 rings (SSSR count). The standard InChI is InChI=1S/C8H7N.C3N2O/c1-2-4-8-7(3-1)5-6-9-8;4-1-3(6)2-5/h1-6,9H;. The van der Waals surface area contributed by atoms with Crippen molar-refractivity contribution in [2.75, 3.05) is 0 Å². The van der Waals surface area contributed by atoms with E-state index in [9.17, 15) is 4.79 Å². The molecule has 1 N–H and O–H groups in total. The van der Waals surface area contributed by atoms with Crippen LogP contribution in [-0.2, 0) is 4.79 Å². The van der Waals surface area contributed by atoms with Gasteiger partial charge in [0.2, 0.25) is 0 Å². The smallest absolute Gasteiger partial charge is 0.331 e. The number of ketones is 1. The molecule has 0 spiro atoms. The molecule has 0 aliphatic carbocycles. The van der Waals surface area contributed by atoms with E-state index in [1.165, 1.54) is 10.9 Å². The average Bonchev–Trinajstić information content (AvgIpc) is 2.76. The van der Waals surface area contributed by atoms with E-state index in [4.69, 9.17) is 10.5 Å². The number of H-pyrrole nitrogens is 1. The van der Waals surface area contributed by atoms with Gasteiger partial charge < -0.3 is 4.98 Å². The van der Waals surface area contributed by atoms with Gasteiger partial charge >= 0.3 is 5.78 Å². The topological polar surface area (TPSA) is 80.4 Å². The Balaban J connectivity index is 0.000000167. The number of aromatic nitrogens is 1. The molecule has 72 valence electrons. The van der Waals surface area contributed by atoms with E-state index in [2.05, 4.69) is 23.2 Å². The van der Waals surface area contributed by atoms with Crippen molar-refractivity contribution in [3.63, 3.8) is 0 Å². The molecule has 0 atom stereocenters. The summed E-state index contributed by atoms with van der Waals surface area (Å²) in [4.78, 5) is 12.6. The second kappa shape index (κ2) is 5.21. The zero-order chi connectivity index (χ0) is 11.1. The Morgan fingerprint density at radius 3 is 2.33 bits per heavy atom. The maximum atomic E-state index is 9.46. The summed E-state index contributed by atoms with van der Waals surface area (Å²) >= 11 is 0. The van der Waals surface area contributed by atoms with Gasteiger partial charge in [-0.05, 0) is 17.5 Å². The molecule has 0 aliphatic heterocycles. The summed E-state index contributed by atoms with van der Waals surface area (Å²) in [6, 6.07) is 12.5. The van der Waals surface area contributed by atoms with Crippen LogP contribution in [0.2, 0.25) is 0 Å². The Morgan fingerprint density at radius 1 is 1.13 bits per heavy atom. The number of nitrogens with zero attached hydrogens (tertiary/aromatic N) is 2. The van der Waals surface area contributed by atoms with Gasteiger partial charge in [0.25, 0.3) is 0 Å². The van der Waals surface area contributed by atoms with Crippen molar-refractivity contribution in [2.45, 2.75) is 0 Å². The minimum atomic E-state index is -1.05. The summed E-state index contributed by atoms with van der Waals surface area (Å²) in [6.07, 6.45) is 1.95. The van der Waals surface area contributed by atoms with Crippen molar-refractivity contribution in [3.05, 3.63) is 36.5 Å². The number of para-hydroxylation sites is 1. The highest BCUT2D eigenvalue weighted by molar-refractivity contribution is 6.05. The lowest BCUT2D eigenvalue weighted by Crippen LogP contribution is -1.81. The largest absolute Gasteiger partial charge is 0.361 e. The van der Waals surface area contributed by atoms with Crippen LogP contribution in [0.15, 0.2) is 36.5 Å². The highest BCUT2D eigenvalue weighted by Crippen LogP contribution is 2.09. The van der Waals surface area contributed by atoms with Gasteiger partial charge in [-0.2, -0.15) is 10.5 Å². The number of hydrogen-bond acceptors (Lipinski definition) is 3. The monoisotopic (exact) mass is 197 g/mol. The van der Waals surface area contributed by atoms with Crippen LogP contribution in [-0.4, -0.2) is 10.8 Å². The van der Waals surface area contributed by atoms with Crippen molar-refractivity contribution >= 4 is 16.7 Å². The third kappa shape index (κ3) is 2.98. The van der Waals surface area contributed by atoms with Crippen LogP contribution in [0.25, 0.3) is 10.9 Å². The number of aromatic amines is 1. The Kier molecular flexibility index (Phi) is 3.64. The van der Waals surface area contributed by atoms with Gasteiger partial charge in [-0.15, -0.1) is 0 Å². The fourth-order valence-electron chi connectivity index (χ4n) is 1.02. The third-order valence-corrected chi connectivity index (χ3v) is 1.67. The molecule has 4 nitrogen and oxygen atoms in total. The maximum Gasteiger partial charge on any atom is 0.331 e. The van der Waals surface area contributed by atoms with E-state index >= 15 is 0 Å². The summed E-state index contributed by atoms with van der Waals surface area (Å²) in [7, 11) is 0. The normalized spacial score (nSPS) is 8.13. The van der Waals surface area contributed by atoms with Gasteiger partial charge in [0.15, 0.2) is 12.1 Å². The molecule has 1 heterocycles. The second-order valence-corrected chi connectivity index (χ2v) is 2.62. The average molecular weight is 197 g/mol. The Hall–Kier alpha value is -2.59. The van der Waals surface area contributed by atoms with E-state index in [-0.39, 0.29) is 0 Å². The highest BCUT2D eigenvalue weighted by atomic mass is 16.1. The number of nitrogens with one attached hydrogen (secondary N) is 1. The number of nitriles is 2. The van der Waals surface area contributed by atoms with Crippen molar-refractivity contribution in [1.82, 2.24) is 4.98 Å². The first kappa shape index (κ1) is 10.5. The van der Waals surface area contributed by atoms with E-state index in [0.717, 1.165) is 12.1 Å². The molecule has 1 aromatic carbocycles. The fraction of sp³-hybridized carbons (Fsp3) is 0. The molecule has 0 radical (unpaired) electrons. The number of carbonyl (C=O) groups is 1. The van der Waals surface area contributed by atoms with Crippen molar-refractivity contribution in [2.24, 2.45) is 0 Å². The van der Waals surface area contributed by atoms with Crippen molar-refractivity contribution in [1.29, 1.82) is 10.5 Å². The minimum Gasteiger partial charge on any atom is -0.361 e. The first-order chi connectivity index (χ1) is 7.27. The van der Waals surface area contributed by atoms with Gasteiger partial charge in [-0.25, -0.2) is 0 Å². The van der Waals surface area contributed by atoms with Crippen LogP contribution >= 0.6 is 0 Å². The Morgan fingerprint density at radius 2 is 1.80 bits per heavy atom. The third-order valence-electron chi connectivity index (χ3n) is 1.67. The summed E-state index contributed by atoms with van der Waals surface area (Å²) in [6.45, 7) is 0. The summed E-state index contributed by atoms with van der Waals surface area (Å²) in [5.74, 6) is -1.05. The lowest BCUT2D eigenvalue weighted by Gasteiger charge is -1.83. The number of Topliss-reactive ketones (excluding diaryl/α,β-unsaturated/α-hetero) is 1. The quantitative estimate of drug-likeness (QED) is 0.653. The van der Waals surface area contributed by atoms with Crippen LogP contribution in [0.3, 0.4) is 0 Å². The van der Waals surface area contributed by atoms with E-state index in [0.29, 0.717) is 0 Å². The number of hydrogen-bond donors (Lipinski definition) is 1. The van der Waals surface area contributed by atoms with Gasteiger partial charge in [-0.1, -0.05) is 18.2 Å². The molecule has 0 bridgehead atoms. The van der Waals surface area contributed by atoms with E-state index in [1.54, 1.807) is 0 Å². The fourth-order valence-corrected chi connectivity index (χ4v) is 1.02. The van der Waals surface area contributed by atoms with E-state index in [1.807, 2.05) is 18.3 Å². The molecule has 1 aromatic heterocycles. The first-order valence-corrected chi connectivity index (χ1v) is 4.14. The molecule has 2 aromatic rings. The highest BCUT2D eigenvalue weighted by Gasteiger charge is 1.87. The van der Waals surface area contributed by atoms with E-state index < -0.39 is 5.78 Å². The molecule has 0 unspecified atom stereocenters. The van der Waals surface area contributed by atoms with Gasteiger partial charge in [0.1, 0.15) is 0 Å². The molecule has 0 fully saturated rings. The second-order valence-electron chi connectivity index (χ2n) is 2.62. The number of benzene rings is 1. The lowest BCUT2D eigenvalue weighted by atomic mass is 10.3. The zero-order valence-corrected chi connectivity index (χ0v) is 7.77. The minimum absolute atomic E-state index is 1.05. The van der Waals surface area contributed by atoms with Gasteiger partial charge in [0.05, 0.1) is 0 Å². The summed E-state index contributed by atoms with van der Waals surface area (Å²) < 4.78 is 0. The SMILES string of the molecule is N#CC(=O)C#N.c1ccc2[nH]ccc2c1. The number of carbonyl (C=O) groups excluding carboxylic acids is 1. The van der Waals surface area contributed by atoms with Crippen molar-refractivity contribution in [3.8, 4) is 12.1 Å². The summed E-state index contributed by atoms with van der Waals surface area (Å²) in [5, 5.41) is 16.3. The van der Waals surface area contributed by atoms with Crippen molar-refractivity contribution < 1.29 is 4.79 Å². The Labute approximate surface area is 86.4 Å². The predicted molar refractivity (Wildman–Crippen MR) is 54.5 cm³/mol. The van der Waals surface area contributed by atoms with Crippen LogP contribution in [0.1, 0.15) is 0 Å². The molecular weight excluding hydrogens is 190 g/mol. The maximum absolute atomic E-state index is 9.46. The van der Waals surface area contributed by atoms with Crippen LogP contribution < -0.4 is 0 Å². The van der Waals surface area contributed by atoms with Crippen LogP contribution in [0.5, 0.6) is 0 Å². The van der Waals surface area contributed by atoms with Crippen LogP contribution in [0.4, 0.5) is 0 Å². The number of rotatable bonds is 0. The molecule has 0 amide bonds. The molecule has 0 saturated heterocycles. The molecule has 15 heavy (non-hydrogen) atoms. The molecule has 4 heteroatoms. The molecular formula is C11H7N3O. The predicted octanol–water partition coefficient (Wildman–Crippen LogP) is 1.77.